The Labute approximate surface area is 83.8 Å². The molecule has 0 aliphatic carbocycles. The molecule has 14 heavy (non-hydrogen) atoms. The smallest absolute Gasteiger partial charge is 0.141 e. The lowest BCUT2D eigenvalue weighted by Gasteiger charge is -2.19. The molecule has 0 bridgehead atoms. The summed E-state index contributed by atoms with van der Waals surface area (Å²) in [6.07, 6.45) is 2.36. The molecule has 78 valence electrons. The molecule has 0 aliphatic heterocycles. The molecule has 1 heterocycles. The van der Waals surface area contributed by atoms with E-state index in [1.54, 1.807) is 6.07 Å². The molecule has 3 heteroatoms. The number of pyridine rings is 1. The van der Waals surface area contributed by atoms with E-state index in [-0.39, 0.29) is 11.7 Å². The molecule has 2 nitrogen and oxygen atoms in total. The van der Waals surface area contributed by atoms with Crippen LogP contribution in [0.3, 0.4) is 0 Å². The van der Waals surface area contributed by atoms with Crippen LogP contribution in [0.2, 0.25) is 0 Å². The molecular weight excluding hydrogens is 181 g/mol. The van der Waals surface area contributed by atoms with Gasteiger partial charge >= 0.3 is 0 Å². The first-order valence-corrected chi connectivity index (χ1v) is 4.98. The van der Waals surface area contributed by atoms with Gasteiger partial charge in [0.15, 0.2) is 0 Å². The highest BCUT2D eigenvalue weighted by Gasteiger charge is 2.18. The zero-order valence-electron chi connectivity index (χ0n) is 8.57. The summed E-state index contributed by atoms with van der Waals surface area (Å²) in [6, 6.07) is 2.87. The maximum Gasteiger partial charge on any atom is 0.141 e. The third-order valence-electron chi connectivity index (χ3n) is 2.55. The molecule has 1 N–H and O–H groups in total. The molecule has 1 unspecified atom stereocenters. The van der Waals surface area contributed by atoms with Gasteiger partial charge in [-0.3, -0.25) is 4.98 Å². The fourth-order valence-electron chi connectivity index (χ4n) is 1.54. The summed E-state index contributed by atoms with van der Waals surface area (Å²) >= 11 is 0. The minimum Gasteiger partial charge on any atom is -0.387 e. The molecule has 1 atom stereocenters. The van der Waals surface area contributed by atoms with Gasteiger partial charge in [-0.25, -0.2) is 4.39 Å². The number of aliphatic hydroxyl groups is 1. The fourth-order valence-corrected chi connectivity index (χ4v) is 1.54. The van der Waals surface area contributed by atoms with Crippen molar-refractivity contribution < 1.29 is 9.50 Å². The van der Waals surface area contributed by atoms with E-state index in [2.05, 4.69) is 4.98 Å². The van der Waals surface area contributed by atoms with E-state index in [1.165, 1.54) is 6.07 Å². The third kappa shape index (κ3) is 2.51. The number of aromatic nitrogens is 1. The van der Waals surface area contributed by atoms with Crippen LogP contribution in [0.5, 0.6) is 0 Å². The number of rotatable bonds is 4. The van der Waals surface area contributed by atoms with E-state index >= 15 is 0 Å². The van der Waals surface area contributed by atoms with Crippen LogP contribution in [0.25, 0.3) is 0 Å². The first-order valence-electron chi connectivity index (χ1n) is 4.98. The maximum atomic E-state index is 12.6. The number of aliphatic hydroxyl groups excluding tert-OH is 1. The van der Waals surface area contributed by atoms with Gasteiger partial charge in [0, 0.05) is 0 Å². The second kappa shape index (κ2) is 5.05. The van der Waals surface area contributed by atoms with Gasteiger partial charge < -0.3 is 5.11 Å². The molecule has 0 amide bonds. The van der Waals surface area contributed by atoms with E-state index in [0.29, 0.717) is 5.69 Å². The number of halogens is 1. The lowest BCUT2D eigenvalue weighted by molar-refractivity contribution is 0.0990. The van der Waals surface area contributed by atoms with Gasteiger partial charge in [-0.05, 0) is 18.1 Å². The predicted molar refractivity (Wildman–Crippen MR) is 53.2 cm³/mol. The van der Waals surface area contributed by atoms with Crippen LogP contribution in [0.4, 0.5) is 4.39 Å². The largest absolute Gasteiger partial charge is 0.387 e. The average Bonchev–Trinajstić information content (AvgIpc) is 2.20. The van der Waals surface area contributed by atoms with E-state index in [4.69, 9.17) is 0 Å². The van der Waals surface area contributed by atoms with E-state index in [0.717, 1.165) is 19.0 Å². The van der Waals surface area contributed by atoms with E-state index in [1.807, 2.05) is 13.8 Å². The van der Waals surface area contributed by atoms with Gasteiger partial charge in [-0.2, -0.15) is 0 Å². The average molecular weight is 197 g/mol. The van der Waals surface area contributed by atoms with Crippen molar-refractivity contribution in [3.63, 3.8) is 0 Å². The molecule has 0 aromatic carbocycles. The second-order valence-electron chi connectivity index (χ2n) is 3.42. The van der Waals surface area contributed by atoms with Gasteiger partial charge in [0.2, 0.25) is 0 Å². The van der Waals surface area contributed by atoms with E-state index in [9.17, 15) is 9.50 Å². The molecule has 0 saturated carbocycles. The van der Waals surface area contributed by atoms with Crippen molar-refractivity contribution in [2.45, 2.75) is 32.8 Å². The summed E-state index contributed by atoms with van der Waals surface area (Å²) in [5.41, 5.74) is 0.556. The third-order valence-corrected chi connectivity index (χ3v) is 2.55. The summed E-state index contributed by atoms with van der Waals surface area (Å²) in [7, 11) is 0. The number of hydrogen-bond donors (Lipinski definition) is 1. The Hall–Kier alpha value is -0.960. The predicted octanol–water partition coefficient (Wildman–Crippen LogP) is 2.69. The normalized spacial score (nSPS) is 13.2. The van der Waals surface area contributed by atoms with Crippen LogP contribution in [0.1, 0.15) is 38.5 Å². The monoisotopic (exact) mass is 197 g/mol. The summed E-state index contributed by atoms with van der Waals surface area (Å²) in [6.45, 7) is 4.06. The topological polar surface area (TPSA) is 33.1 Å². The minimum absolute atomic E-state index is 0.202. The van der Waals surface area contributed by atoms with Crippen LogP contribution in [0.15, 0.2) is 18.3 Å². The maximum absolute atomic E-state index is 12.6. The van der Waals surface area contributed by atoms with Gasteiger partial charge in [-0.15, -0.1) is 0 Å². The van der Waals surface area contributed by atoms with Crippen molar-refractivity contribution in [3.05, 3.63) is 29.8 Å². The Kier molecular flexibility index (Phi) is 4.01. The van der Waals surface area contributed by atoms with Crippen molar-refractivity contribution in [1.29, 1.82) is 0 Å². The Morgan fingerprint density at radius 2 is 2.00 bits per heavy atom. The highest BCUT2D eigenvalue weighted by Crippen LogP contribution is 2.25. The van der Waals surface area contributed by atoms with Crippen molar-refractivity contribution in [2.75, 3.05) is 0 Å². The van der Waals surface area contributed by atoms with Crippen LogP contribution in [-0.4, -0.2) is 10.1 Å². The Morgan fingerprint density at radius 1 is 1.36 bits per heavy atom. The van der Waals surface area contributed by atoms with Gasteiger partial charge in [0.25, 0.3) is 0 Å². The van der Waals surface area contributed by atoms with Crippen LogP contribution < -0.4 is 0 Å². The molecule has 0 aliphatic rings. The second-order valence-corrected chi connectivity index (χ2v) is 3.42. The molecular formula is C11H16FNO. The van der Waals surface area contributed by atoms with Gasteiger partial charge in [-0.1, -0.05) is 26.7 Å². The summed E-state index contributed by atoms with van der Waals surface area (Å²) in [5, 5.41) is 9.89. The molecule has 0 saturated heterocycles. The standard InChI is InChI=1S/C11H16FNO/c1-3-8(4-2)11(14)10-6-5-9(12)7-13-10/h5-8,11,14H,3-4H2,1-2H3. The van der Waals surface area contributed by atoms with Crippen LogP contribution >= 0.6 is 0 Å². The molecule has 0 radical (unpaired) electrons. The van der Waals surface area contributed by atoms with Crippen molar-refractivity contribution in [3.8, 4) is 0 Å². The highest BCUT2D eigenvalue weighted by molar-refractivity contribution is 5.08. The highest BCUT2D eigenvalue weighted by atomic mass is 19.1. The fraction of sp³-hybridized carbons (Fsp3) is 0.545. The summed E-state index contributed by atoms with van der Waals surface area (Å²) < 4.78 is 12.6. The van der Waals surface area contributed by atoms with Gasteiger partial charge in [0.1, 0.15) is 5.82 Å². The summed E-state index contributed by atoms with van der Waals surface area (Å²) in [5.74, 6) is -0.168. The lowest BCUT2D eigenvalue weighted by Crippen LogP contribution is -2.12. The zero-order chi connectivity index (χ0) is 10.6. The SMILES string of the molecule is CCC(CC)C(O)c1ccc(F)cn1. The minimum atomic E-state index is -0.578. The van der Waals surface area contributed by atoms with E-state index < -0.39 is 6.10 Å². The molecule has 1 aromatic rings. The van der Waals surface area contributed by atoms with Crippen molar-refractivity contribution in [1.82, 2.24) is 4.98 Å². The number of nitrogens with zero attached hydrogens (tertiary/aromatic N) is 1. The first kappa shape index (κ1) is 11.1. The molecule has 0 spiro atoms. The molecule has 0 fully saturated rings. The zero-order valence-corrected chi connectivity index (χ0v) is 8.57. The summed E-state index contributed by atoms with van der Waals surface area (Å²) in [4.78, 5) is 3.87. The molecule has 1 rings (SSSR count). The van der Waals surface area contributed by atoms with Crippen LogP contribution in [0, 0.1) is 11.7 Å². The Balaban J connectivity index is 2.77. The Bertz CT molecular complexity index is 269. The van der Waals surface area contributed by atoms with Crippen molar-refractivity contribution in [2.24, 2.45) is 5.92 Å². The van der Waals surface area contributed by atoms with Gasteiger partial charge in [0.05, 0.1) is 18.0 Å². The number of hydrogen-bond acceptors (Lipinski definition) is 2. The lowest BCUT2D eigenvalue weighted by atomic mass is 9.94. The molecule has 1 aromatic heterocycles. The van der Waals surface area contributed by atoms with Crippen molar-refractivity contribution >= 4 is 0 Å². The first-order chi connectivity index (χ1) is 6.69. The quantitative estimate of drug-likeness (QED) is 0.805. The van der Waals surface area contributed by atoms with Crippen LogP contribution in [-0.2, 0) is 0 Å². The Morgan fingerprint density at radius 3 is 2.43 bits per heavy atom.